The van der Waals surface area contributed by atoms with Crippen molar-refractivity contribution in [1.82, 2.24) is 9.13 Å². The van der Waals surface area contributed by atoms with E-state index in [-0.39, 0.29) is 49.3 Å². The maximum Gasteiger partial charge on any atom is 0.252 e. The van der Waals surface area contributed by atoms with Gasteiger partial charge in [-0.1, -0.05) is 353 Å². The smallest absolute Gasteiger partial charge is 0.252 e. The molecule has 17 aromatic carbocycles. The fraction of sp³-hybridized carbons (Fsp3) is 0.105. The molecule has 0 atom stereocenters. The largest absolute Gasteiger partial charge is 0.310 e. The van der Waals surface area contributed by atoms with E-state index in [1.807, 2.05) is 127 Å². The highest BCUT2D eigenvalue weighted by Gasteiger charge is 2.47. The molecule has 2 aliphatic rings. The summed E-state index contributed by atoms with van der Waals surface area (Å²) >= 11 is 0. The van der Waals surface area contributed by atoms with Crippen LogP contribution in [-0.4, -0.2) is 15.8 Å². The third-order valence-corrected chi connectivity index (χ3v) is 24.0. The predicted molar refractivity (Wildman–Crippen MR) is 509 cm³/mol. The lowest BCUT2D eigenvalue weighted by Crippen LogP contribution is -2.61. The first-order chi connectivity index (χ1) is 64.6. The van der Waals surface area contributed by atoms with Gasteiger partial charge in [-0.05, 0) is 213 Å². The zero-order valence-electron chi connectivity index (χ0n) is 83.6. The molecule has 4 heterocycles. The van der Waals surface area contributed by atoms with Crippen LogP contribution in [0.5, 0.6) is 0 Å². The molecular formula is C114H91BN4. The van der Waals surface area contributed by atoms with Gasteiger partial charge in [0.15, 0.2) is 0 Å². The Balaban J connectivity index is 1.02. The summed E-state index contributed by atoms with van der Waals surface area (Å²) in [5.74, 6) is 0. The number of fused-ring (bicyclic) bond motifs is 10. The SMILES string of the molecule is [2H]c1c([2H])c([2H])c2c(c1[2H])c1c([2H])c([2H])c([2H])c([2H])c1n2-c1ccc2c(c1)N(c1c(-c3cccc(-c4ccccc4)c3)cc(-c3ccccc3)cc1-c1cccc(-c3ccccc3)c1)c1cc(-c3cc(C(C)(C)C)cc(C(C)(C)C)c3)cc3c1B2c1ccc(-n2c4c([2H])c([2H])c([2H])c([2H])c4c4c([2H])c([2H])c([2H])c([2H])c42)cc1N3c1c(-c2ccccc2)cc(C(C)(C)C)cc1-c1ccccc1. The number of nitrogens with zero attached hydrogens (tertiary/aromatic N) is 4. The second kappa shape index (κ2) is 28.4. The van der Waals surface area contributed by atoms with Crippen LogP contribution in [0.1, 0.15) is 101 Å². The van der Waals surface area contributed by atoms with Crippen LogP contribution in [0.25, 0.3) is 144 Å². The van der Waals surface area contributed by atoms with E-state index in [1.54, 1.807) is 9.13 Å². The summed E-state index contributed by atoms with van der Waals surface area (Å²) in [6.07, 6.45) is 0. The van der Waals surface area contributed by atoms with Crippen molar-refractivity contribution in [3.05, 3.63) is 405 Å². The van der Waals surface area contributed by atoms with Crippen LogP contribution in [0.4, 0.5) is 34.1 Å². The Labute approximate surface area is 721 Å². The third kappa shape index (κ3) is 12.5. The molecule has 19 aromatic rings. The Bertz CT molecular complexity index is 7890. The van der Waals surface area contributed by atoms with Crippen molar-refractivity contribution < 1.29 is 21.9 Å². The van der Waals surface area contributed by atoms with Gasteiger partial charge in [-0.25, -0.2) is 0 Å². The van der Waals surface area contributed by atoms with Crippen molar-refractivity contribution >= 4 is 101 Å². The van der Waals surface area contributed by atoms with Crippen LogP contribution in [0, 0.1) is 0 Å². The van der Waals surface area contributed by atoms with Crippen molar-refractivity contribution in [3.8, 4) is 100 Å². The molecule has 0 unspecified atom stereocenters. The number of rotatable bonds is 12. The van der Waals surface area contributed by atoms with Crippen molar-refractivity contribution in [2.45, 2.75) is 78.6 Å². The van der Waals surface area contributed by atoms with Crippen LogP contribution in [0.3, 0.4) is 0 Å². The average molecular weight is 1540 g/mol. The van der Waals surface area contributed by atoms with Crippen molar-refractivity contribution in [3.63, 3.8) is 0 Å². The summed E-state index contributed by atoms with van der Waals surface area (Å²) in [5, 5.41) is -0.344. The van der Waals surface area contributed by atoms with E-state index in [4.69, 9.17) is 0 Å². The maximum absolute atomic E-state index is 10.1. The van der Waals surface area contributed by atoms with Crippen LogP contribution in [0.15, 0.2) is 388 Å². The minimum absolute atomic E-state index is 0.0624. The molecule has 0 amide bonds. The first-order valence-electron chi connectivity index (χ1n) is 48.7. The molecule has 0 fully saturated rings. The number of aromatic nitrogens is 2. The number of anilines is 6. The summed E-state index contributed by atoms with van der Waals surface area (Å²) in [5.41, 5.74) is 22.5. The first kappa shape index (κ1) is 57.1. The Morgan fingerprint density at radius 1 is 0.235 bits per heavy atom. The van der Waals surface area contributed by atoms with E-state index in [0.29, 0.717) is 45.0 Å². The molecule has 119 heavy (non-hydrogen) atoms. The van der Waals surface area contributed by atoms with Crippen LogP contribution >= 0.6 is 0 Å². The van der Waals surface area contributed by atoms with E-state index in [2.05, 4.69) is 236 Å². The van der Waals surface area contributed by atoms with Gasteiger partial charge in [0.2, 0.25) is 0 Å². The standard InChI is InChI=1S/C114H91BN4/c1-112(2,3)86-63-83(64-87(69-86)113(4,5)6)85-67-107-109-108(68-85)119(111-97(77-41-21-13-22-42-77)70-88(114(7,8)9)71-98(111)78-43-23-14-24-44-78)106-73-90(117-103-55-31-27-51-93(103)94-52-28-32-56-104(94)117)58-60-100(106)115(109)99-59-57-89(116-101-53-29-25-49-91(101)92-50-26-30-54-102(92)116)72-105(99)118(107)110-95(81-47-33-45-79(61-81)74-35-15-10-16-36-74)65-84(76-39-19-12-20-40-76)66-96(110)82-48-34-46-80(62-82)75-37-17-11-18-38-75/h10-73H,1-9H3/i25D,26D,27D,28D,29D,30D,31D,32D,49D,50D,51D,52D,53D,54D,55D,56D. The molecule has 0 spiro atoms. The maximum atomic E-state index is 10.1. The molecule has 0 aliphatic carbocycles. The van der Waals surface area contributed by atoms with Gasteiger partial charge in [-0.3, -0.25) is 0 Å². The molecule has 21 rings (SSSR count). The zero-order chi connectivity index (χ0) is 94.5. The van der Waals surface area contributed by atoms with Gasteiger partial charge in [0.05, 0.1) is 55.4 Å². The fourth-order valence-electron chi connectivity index (χ4n) is 18.0. The molecule has 2 aromatic heterocycles. The molecule has 0 radical (unpaired) electrons. The quantitative estimate of drug-likeness (QED) is 0.113. The Morgan fingerprint density at radius 2 is 0.529 bits per heavy atom. The lowest BCUT2D eigenvalue weighted by Gasteiger charge is -2.46. The Morgan fingerprint density at radius 3 is 0.891 bits per heavy atom. The van der Waals surface area contributed by atoms with Gasteiger partial charge in [0, 0.05) is 77.9 Å². The molecule has 2 aliphatic heterocycles. The number of hydrogen-bond acceptors (Lipinski definition) is 2. The highest BCUT2D eigenvalue weighted by Crippen LogP contribution is 2.57. The van der Waals surface area contributed by atoms with Gasteiger partial charge in [0.25, 0.3) is 6.71 Å². The van der Waals surface area contributed by atoms with Gasteiger partial charge in [0.1, 0.15) is 0 Å². The van der Waals surface area contributed by atoms with E-state index >= 15 is 0 Å². The van der Waals surface area contributed by atoms with Crippen molar-refractivity contribution in [1.29, 1.82) is 0 Å². The van der Waals surface area contributed by atoms with E-state index in [1.165, 1.54) is 0 Å². The second-order valence-electron chi connectivity index (χ2n) is 34.5. The van der Waals surface area contributed by atoms with Gasteiger partial charge < -0.3 is 18.9 Å². The number of benzene rings is 17. The van der Waals surface area contributed by atoms with Gasteiger partial charge >= 0.3 is 0 Å². The Kier molecular flexibility index (Phi) is 13.6. The second-order valence-corrected chi connectivity index (χ2v) is 34.5. The molecule has 570 valence electrons. The Hall–Kier alpha value is -14.0. The highest BCUT2D eigenvalue weighted by molar-refractivity contribution is 7.00. The molecule has 5 heteroatoms. The lowest BCUT2D eigenvalue weighted by atomic mass is 9.33. The highest BCUT2D eigenvalue weighted by atomic mass is 15.2. The number of para-hydroxylation sites is 4. The van der Waals surface area contributed by atoms with E-state index in [9.17, 15) is 21.9 Å². The molecular weight excluding hydrogens is 1440 g/mol. The topological polar surface area (TPSA) is 16.3 Å². The minimum Gasteiger partial charge on any atom is -0.310 e. The van der Waals surface area contributed by atoms with Crippen LogP contribution in [-0.2, 0) is 16.2 Å². The molecule has 0 N–H and O–H groups in total. The lowest BCUT2D eigenvalue weighted by molar-refractivity contribution is 0.569. The third-order valence-electron chi connectivity index (χ3n) is 24.0. The minimum atomic E-state index is -0.858. The summed E-state index contributed by atoms with van der Waals surface area (Å²) in [7, 11) is 0. The number of hydrogen-bond donors (Lipinski definition) is 0. The van der Waals surface area contributed by atoms with Crippen LogP contribution < -0.4 is 26.2 Å². The molecule has 0 bridgehead atoms. The normalized spacial score (nSPS) is 14.6. The molecule has 0 saturated heterocycles. The van der Waals surface area contributed by atoms with E-state index in [0.717, 1.165) is 117 Å². The summed E-state index contributed by atoms with van der Waals surface area (Å²) in [6, 6.07) is 93.1. The van der Waals surface area contributed by atoms with Gasteiger partial charge in [-0.15, -0.1) is 0 Å². The average Bonchev–Trinajstić information content (AvgIpc) is 1.68. The fourth-order valence-corrected chi connectivity index (χ4v) is 18.0. The van der Waals surface area contributed by atoms with Crippen molar-refractivity contribution in [2.24, 2.45) is 0 Å². The van der Waals surface area contributed by atoms with Crippen molar-refractivity contribution in [2.75, 3.05) is 9.80 Å². The zero-order valence-corrected chi connectivity index (χ0v) is 67.6. The molecule has 0 saturated carbocycles. The summed E-state index contributed by atoms with van der Waals surface area (Å²) in [6.45, 7) is 19.2. The van der Waals surface area contributed by atoms with E-state index < -0.39 is 120 Å². The summed E-state index contributed by atoms with van der Waals surface area (Å²) in [4.78, 5) is 4.75. The monoisotopic (exact) mass is 1540 g/mol. The van der Waals surface area contributed by atoms with Crippen LogP contribution in [0.2, 0.25) is 0 Å². The van der Waals surface area contributed by atoms with Gasteiger partial charge in [-0.2, -0.15) is 0 Å². The summed E-state index contributed by atoms with van der Waals surface area (Å²) < 4.78 is 158. The predicted octanol–water partition coefficient (Wildman–Crippen LogP) is 29.2. The molecule has 4 nitrogen and oxygen atoms in total. The first-order valence-corrected chi connectivity index (χ1v) is 40.7.